The molecule has 1 N–H and O–H groups in total. The lowest BCUT2D eigenvalue weighted by Gasteiger charge is -2.33. The Bertz CT molecular complexity index is 946. The Labute approximate surface area is 158 Å². The molecule has 8 heteroatoms. The van der Waals surface area contributed by atoms with Crippen LogP contribution in [0.25, 0.3) is 10.2 Å². The number of hydrogen-bond acceptors (Lipinski definition) is 5. The van der Waals surface area contributed by atoms with Crippen molar-refractivity contribution in [2.45, 2.75) is 12.8 Å². The number of fused-ring (bicyclic) bond motifs is 1. The molecule has 1 aromatic carbocycles. The van der Waals surface area contributed by atoms with Gasteiger partial charge >= 0.3 is 0 Å². The summed E-state index contributed by atoms with van der Waals surface area (Å²) in [6.45, 7) is 1.38. The molecule has 1 aliphatic rings. The number of carbonyl (C=O) groups is 1. The highest BCUT2D eigenvalue weighted by molar-refractivity contribution is 7.17. The Morgan fingerprint density at radius 1 is 1.27 bits per heavy atom. The van der Waals surface area contributed by atoms with Crippen LogP contribution in [0.4, 0.5) is 15.9 Å². The summed E-state index contributed by atoms with van der Waals surface area (Å²) in [6.07, 6.45) is 1.69. The molecule has 1 aliphatic heterocycles. The molecule has 0 spiro atoms. The molecular formula is C18H16ClFN4OS. The lowest BCUT2D eigenvalue weighted by molar-refractivity contribution is -0.120. The SMILES string of the molecule is O=C(Nc1ccc(F)cc1)C1CCCN(c2nc(Cl)nc3ccsc23)C1. The van der Waals surface area contributed by atoms with E-state index in [0.29, 0.717) is 12.2 Å². The first kappa shape index (κ1) is 17.2. The van der Waals surface area contributed by atoms with Gasteiger partial charge in [-0.1, -0.05) is 0 Å². The van der Waals surface area contributed by atoms with Crippen molar-refractivity contribution < 1.29 is 9.18 Å². The molecule has 2 aromatic heterocycles. The van der Waals surface area contributed by atoms with Gasteiger partial charge in [0.15, 0.2) is 5.82 Å². The zero-order chi connectivity index (χ0) is 18.1. The Kier molecular flexibility index (Phi) is 4.74. The van der Waals surface area contributed by atoms with Crippen molar-refractivity contribution in [1.82, 2.24) is 9.97 Å². The average Bonchev–Trinajstić information content (AvgIpc) is 3.11. The number of aromatic nitrogens is 2. The summed E-state index contributed by atoms with van der Waals surface area (Å²) in [6, 6.07) is 7.71. The van der Waals surface area contributed by atoms with Crippen LogP contribution in [0.15, 0.2) is 35.7 Å². The number of nitrogens with zero attached hydrogens (tertiary/aromatic N) is 3. The predicted octanol–water partition coefficient (Wildman–Crippen LogP) is 4.34. The summed E-state index contributed by atoms with van der Waals surface area (Å²) in [5, 5.41) is 5.04. The summed E-state index contributed by atoms with van der Waals surface area (Å²) in [4.78, 5) is 23.4. The second kappa shape index (κ2) is 7.17. The number of rotatable bonds is 3. The van der Waals surface area contributed by atoms with Crippen LogP contribution in [0.5, 0.6) is 0 Å². The summed E-state index contributed by atoms with van der Waals surface area (Å²) in [5.41, 5.74) is 1.42. The van der Waals surface area contributed by atoms with E-state index in [4.69, 9.17) is 11.6 Å². The summed E-state index contributed by atoms with van der Waals surface area (Å²) in [5.74, 6) is 0.225. The van der Waals surface area contributed by atoms with Gasteiger partial charge in [0.1, 0.15) is 5.82 Å². The number of carbonyl (C=O) groups excluding carboxylic acids is 1. The molecule has 5 nitrogen and oxygen atoms in total. The lowest BCUT2D eigenvalue weighted by Crippen LogP contribution is -2.41. The zero-order valence-corrected chi connectivity index (χ0v) is 15.4. The molecule has 3 aromatic rings. The van der Waals surface area contributed by atoms with Gasteiger partial charge < -0.3 is 10.2 Å². The number of halogens is 2. The molecule has 1 saturated heterocycles. The summed E-state index contributed by atoms with van der Waals surface area (Å²) in [7, 11) is 0. The van der Waals surface area contributed by atoms with E-state index in [2.05, 4.69) is 20.2 Å². The van der Waals surface area contributed by atoms with Crippen LogP contribution in [0, 0.1) is 11.7 Å². The molecule has 0 aliphatic carbocycles. The number of piperidine rings is 1. The molecule has 26 heavy (non-hydrogen) atoms. The smallest absolute Gasteiger partial charge is 0.229 e. The Balaban J connectivity index is 1.52. The second-order valence-electron chi connectivity index (χ2n) is 6.23. The van der Waals surface area contributed by atoms with Gasteiger partial charge in [0.05, 0.1) is 16.1 Å². The van der Waals surface area contributed by atoms with Crippen molar-refractivity contribution in [3.63, 3.8) is 0 Å². The van der Waals surface area contributed by atoms with Gasteiger partial charge in [0, 0.05) is 18.8 Å². The Morgan fingerprint density at radius 2 is 2.08 bits per heavy atom. The van der Waals surface area contributed by atoms with Crippen LogP contribution >= 0.6 is 22.9 Å². The molecule has 3 heterocycles. The minimum Gasteiger partial charge on any atom is -0.354 e. The maximum absolute atomic E-state index is 13.0. The minimum absolute atomic E-state index is 0.0658. The number of benzene rings is 1. The van der Waals surface area contributed by atoms with Gasteiger partial charge in [0.25, 0.3) is 0 Å². The highest BCUT2D eigenvalue weighted by Gasteiger charge is 2.28. The molecule has 1 fully saturated rings. The van der Waals surface area contributed by atoms with Gasteiger partial charge in [0.2, 0.25) is 11.2 Å². The number of amides is 1. The largest absolute Gasteiger partial charge is 0.354 e. The topological polar surface area (TPSA) is 58.1 Å². The van der Waals surface area contributed by atoms with E-state index in [9.17, 15) is 9.18 Å². The molecule has 4 rings (SSSR count). The highest BCUT2D eigenvalue weighted by Crippen LogP contribution is 2.32. The fourth-order valence-corrected chi connectivity index (χ4v) is 4.21. The number of anilines is 2. The highest BCUT2D eigenvalue weighted by atomic mass is 35.5. The van der Waals surface area contributed by atoms with Crippen LogP contribution < -0.4 is 10.2 Å². The fraction of sp³-hybridized carbons (Fsp3) is 0.278. The van der Waals surface area contributed by atoms with Crippen molar-refractivity contribution in [3.8, 4) is 0 Å². The molecule has 1 atom stereocenters. The lowest BCUT2D eigenvalue weighted by atomic mass is 9.97. The maximum Gasteiger partial charge on any atom is 0.229 e. The van der Waals surface area contributed by atoms with E-state index in [1.807, 2.05) is 11.4 Å². The molecule has 134 valence electrons. The van der Waals surface area contributed by atoms with E-state index in [-0.39, 0.29) is 22.9 Å². The van der Waals surface area contributed by atoms with Crippen molar-refractivity contribution in [3.05, 3.63) is 46.8 Å². The van der Waals surface area contributed by atoms with Crippen molar-refractivity contribution in [2.24, 2.45) is 5.92 Å². The van der Waals surface area contributed by atoms with Crippen LogP contribution in [0.1, 0.15) is 12.8 Å². The molecule has 1 unspecified atom stereocenters. The molecule has 0 saturated carbocycles. The third-order valence-corrected chi connectivity index (χ3v) is 5.53. The third kappa shape index (κ3) is 3.50. The Morgan fingerprint density at radius 3 is 2.88 bits per heavy atom. The number of nitrogens with one attached hydrogen (secondary N) is 1. The second-order valence-corrected chi connectivity index (χ2v) is 7.49. The van der Waals surface area contributed by atoms with Crippen molar-refractivity contribution >= 4 is 50.6 Å². The molecule has 1 amide bonds. The van der Waals surface area contributed by atoms with Crippen molar-refractivity contribution in [1.29, 1.82) is 0 Å². The number of hydrogen-bond donors (Lipinski definition) is 1. The Hall–Kier alpha value is -2.25. The average molecular weight is 391 g/mol. The van der Waals surface area contributed by atoms with E-state index in [1.165, 1.54) is 12.1 Å². The van der Waals surface area contributed by atoms with Gasteiger partial charge in [-0.25, -0.2) is 9.37 Å². The summed E-state index contributed by atoms with van der Waals surface area (Å²) < 4.78 is 14.0. The first-order valence-electron chi connectivity index (χ1n) is 8.32. The monoisotopic (exact) mass is 390 g/mol. The first-order chi connectivity index (χ1) is 12.6. The molecule has 0 bridgehead atoms. The van der Waals surface area contributed by atoms with Crippen LogP contribution in [-0.2, 0) is 4.79 Å². The van der Waals surface area contributed by atoms with Crippen LogP contribution in [-0.4, -0.2) is 29.0 Å². The first-order valence-corrected chi connectivity index (χ1v) is 9.58. The van der Waals surface area contributed by atoms with Gasteiger partial charge in [-0.2, -0.15) is 4.98 Å². The third-order valence-electron chi connectivity index (χ3n) is 4.46. The molecule has 0 radical (unpaired) electrons. The van der Waals surface area contributed by atoms with Crippen molar-refractivity contribution in [2.75, 3.05) is 23.3 Å². The van der Waals surface area contributed by atoms with Crippen LogP contribution in [0.2, 0.25) is 5.28 Å². The quantitative estimate of drug-likeness (QED) is 0.676. The van der Waals surface area contributed by atoms with Gasteiger partial charge in [-0.3, -0.25) is 4.79 Å². The van der Waals surface area contributed by atoms with E-state index in [1.54, 1.807) is 23.5 Å². The maximum atomic E-state index is 13.0. The van der Waals surface area contributed by atoms with E-state index >= 15 is 0 Å². The zero-order valence-electron chi connectivity index (χ0n) is 13.8. The fourth-order valence-electron chi connectivity index (χ4n) is 3.20. The summed E-state index contributed by atoms with van der Waals surface area (Å²) >= 11 is 7.63. The van der Waals surface area contributed by atoms with Gasteiger partial charge in [-0.15, -0.1) is 11.3 Å². The number of thiophene rings is 1. The normalized spacial score (nSPS) is 17.5. The van der Waals surface area contributed by atoms with Crippen LogP contribution in [0.3, 0.4) is 0 Å². The predicted molar refractivity (Wildman–Crippen MR) is 102 cm³/mol. The standard InChI is InChI=1S/C18H16ClFN4OS/c19-18-22-14-7-9-26-15(14)16(23-18)24-8-1-2-11(10-24)17(25)21-13-5-3-12(20)4-6-13/h3-7,9,11H,1-2,8,10H2,(H,21,25). The van der Waals surface area contributed by atoms with Gasteiger partial charge in [-0.05, 0) is 60.2 Å². The van der Waals surface area contributed by atoms with E-state index < -0.39 is 0 Å². The van der Waals surface area contributed by atoms with E-state index in [0.717, 1.165) is 35.4 Å². The molecular weight excluding hydrogens is 375 g/mol. The minimum atomic E-state index is -0.326.